The minimum Gasteiger partial charge on any atom is -0.351 e. The number of rotatable bonds is 2. The Hall–Kier alpha value is -1.76. The van der Waals surface area contributed by atoms with Gasteiger partial charge in [-0.15, -0.1) is 14.8 Å². The highest BCUT2D eigenvalue weighted by atomic mass is 15.6. The molecule has 0 radical (unpaired) electrons. The Morgan fingerprint density at radius 1 is 1.28 bits per heavy atom. The standard InChI is InChI=1S/C11H17N7/c12-8-9-4-2-1-3-7-17(9)11-6-5-10-13-15-16-18(10)14-11/h5-6,9H,1-4,7-8,12H2. The van der Waals surface area contributed by atoms with E-state index in [-0.39, 0.29) is 0 Å². The van der Waals surface area contributed by atoms with Gasteiger partial charge in [0.15, 0.2) is 11.5 Å². The second-order valence-corrected chi connectivity index (χ2v) is 4.65. The van der Waals surface area contributed by atoms with E-state index in [1.165, 1.54) is 23.9 Å². The van der Waals surface area contributed by atoms with Gasteiger partial charge in [0.25, 0.3) is 0 Å². The van der Waals surface area contributed by atoms with Crippen LogP contribution in [0.2, 0.25) is 0 Å². The molecule has 7 nitrogen and oxygen atoms in total. The van der Waals surface area contributed by atoms with Crippen LogP contribution in [0.1, 0.15) is 25.7 Å². The third-order valence-electron chi connectivity index (χ3n) is 3.50. The Morgan fingerprint density at radius 2 is 2.22 bits per heavy atom. The molecule has 1 unspecified atom stereocenters. The Kier molecular flexibility index (Phi) is 3.06. The minimum absolute atomic E-state index is 0.369. The van der Waals surface area contributed by atoms with Crippen molar-refractivity contribution in [3.63, 3.8) is 0 Å². The maximum absolute atomic E-state index is 5.88. The van der Waals surface area contributed by atoms with Crippen LogP contribution in [-0.4, -0.2) is 44.4 Å². The van der Waals surface area contributed by atoms with Gasteiger partial charge in [-0.1, -0.05) is 12.8 Å². The monoisotopic (exact) mass is 247 g/mol. The summed E-state index contributed by atoms with van der Waals surface area (Å²) in [5.74, 6) is 0.909. The number of hydrogen-bond donors (Lipinski definition) is 1. The quantitative estimate of drug-likeness (QED) is 0.817. The maximum Gasteiger partial charge on any atom is 0.200 e. The molecule has 18 heavy (non-hydrogen) atoms. The molecule has 0 saturated carbocycles. The molecule has 0 bridgehead atoms. The van der Waals surface area contributed by atoms with E-state index in [1.807, 2.05) is 12.1 Å². The number of tetrazole rings is 1. The molecule has 7 heteroatoms. The van der Waals surface area contributed by atoms with Crippen molar-refractivity contribution in [2.75, 3.05) is 18.0 Å². The van der Waals surface area contributed by atoms with Gasteiger partial charge in [-0.05, 0) is 35.4 Å². The summed E-state index contributed by atoms with van der Waals surface area (Å²) in [7, 11) is 0. The van der Waals surface area contributed by atoms with Crippen LogP contribution in [0.15, 0.2) is 12.1 Å². The fourth-order valence-electron chi connectivity index (χ4n) is 2.52. The van der Waals surface area contributed by atoms with E-state index in [2.05, 4.69) is 25.5 Å². The van der Waals surface area contributed by atoms with Gasteiger partial charge < -0.3 is 10.6 Å². The van der Waals surface area contributed by atoms with Gasteiger partial charge in [-0.3, -0.25) is 0 Å². The first-order valence-corrected chi connectivity index (χ1v) is 6.40. The van der Waals surface area contributed by atoms with Crippen molar-refractivity contribution in [3.05, 3.63) is 12.1 Å². The van der Waals surface area contributed by atoms with E-state index in [0.717, 1.165) is 18.8 Å². The van der Waals surface area contributed by atoms with Crippen LogP contribution in [0, 0.1) is 0 Å². The van der Waals surface area contributed by atoms with Gasteiger partial charge in [-0.25, -0.2) is 0 Å². The fourth-order valence-corrected chi connectivity index (χ4v) is 2.52. The van der Waals surface area contributed by atoms with Crippen molar-refractivity contribution >= 4 is 11.5 Å². The zero-order valence-corrected chi connectivity index (χ0v) is 10.2. The molecule has 1 aliphatic heterocycles. The second-order valence-electron chi connectivity index (χ2n) is 4.65. The normalized spacial score (nSPS) is 21.2. The van der Waals surface area contributed by atoms with E-state index in [9.17, 15) is 0 Å². The molecule has 0 amide bonds. The van der Waals surface area contributed by atoms with Crippen LogP contribution in [0.25, 0.3) is 5.65 Å². The molecular formula is C11H17N7. The van der Waals surface area contributed by atoms with Crippen LogP contribution in [0.5, 0.6) is 0 Å². The van der Waals surface area contributed by atoms with E-state index in [1.54, 1.807) is 0 Å². The lowest BCUT2D eigenvalue weighted by Crippen LogP contribution is -2.41. The lowest BCUT2D eigenvalue weighted by Gasteiger charge is -2.29. The smallest absolute Gasteiger partial charge is 0.200 e. The molecule has 0 aliphatic carbocycles. The lowest BCUT2D eigenvalue weighted by atomic mass is 10.1. The van der Waals surface area contributed by atoms with Crippen LogP contribution in [0.3, 0.4) is 0 Å². The number of aromatic nitrogens is 5. The first-order valence-electron chi connectivity index (χ1n) is 6.40. The summed E-state index contributed by atoms with van der Waals surface area (Å²) in [5.41, 5.74) is 6.54. The van der Waals surface area contributed by atoms with E-state index >= 15 is 0 Å². The second kappa shape index (κ2) is 4.85. The van der Waals surface area contributed by atoms with Crippen molar-refractivity contribution < 1.29 is 0 Å². The van der Waals surface area contributed by atoms with Gasteiger partial charge in [0.05, 0.1) is 0 Å². The molecule has 0 spiro atoms. The number of fused-ring (bicyclic) bond motifs is 1. The minimum atomic E-state index is 0.369. The number of nitrogens with zero attached hydrogens (tertiary/aromatic N) is 6. The summed E-state index contributed by atoms with van der Waals surface area (Å²) in [4.78, 5) is 2.29. The molecule has 1 saturated heterocycles. The first-order chi connectivity index (χ1) is 8.88. The van der Waals surface area contributed by atoms with Crippen molar-refractivity contribution in [1.29, 1.82) is 0 Å². The first kappa shape index (κ1) is 11.3. The van der Waals surface area contributed by atoms with Gasteiger partial charge in [0.2, 0.25) is 0 Å². The van der Waals surface area contributed by atoms with E-state index < -0.39 is 0 Å². The Labute approximate surface area is 105 Å². The van der Waals surface area contributed by atoms with Gasteiger partial charge in [0.1, 0.15) is 0 Å². The summed E-state index contributed by atoms with van der Waals surface area (Å²) < 4.78 is 1.47. The molecule has 96 valence electrons. The molecule has 2 aromatic heterocycles. The summed E-state index contributed by atoms with van der Waals surface area (Å²) in [6.45, 7) is 1.66. The van der Waals surface area contributed by atoms with Crippen molar-refractivity contribution in [2.24, 2.45) is 5.73 Å². The molecular weight excluding hydrogens is 230 g/mol. The number of anilines is 1. The van der Waals surface area contributed by atoms with Crippen LogP contribution < -0.4 is 10.6 Å². The summed E-state index contributed by atoms with van der Waals surface area (Å²) in [5, 5.41) is 15.7. The zero-order chi connectivity index (χ0) is 12.4. The Morgan fingerprint density at radius 3 is 3.11 bits per heavy atom. The van der Waals surface area contributed by atoms with Crippen molar-refractivity contribution in [2.45, 2.75) is 31.7 Å². The predicted molar refractivity (Wildman–Crippen MR) is 67.2 cm³/mol. The number of hydrogen-bond acceptors (Lipinski definition) is 6. The van der Waals surface area contributed by atoms with Gasteiger partial charge >= 0.3 is 0 Å². The van der Waals surface area contributed by atoms with E-state index in [4.69, 9.17) is 5.73 Å². The fraction of sp³-hybridized carbons (Fsp3) is 0.636. The average molecular weight is 247 g/mol. The number of nitrogens with two attached hydrogens (primary N) is 1. The highest BCUT2D eigenvalue weighted by Crippen LogP contribution is 2.21. The maximum atomic E-state index is 5.88. The third kappa shape index (κ3) is 2.01. The van der Waals surface area contributed by atoms with Crippen molar-refractivity contribution in [3.8, 4) is 0 Å². The molecule has 2 N–H and O–H groups in total. The molecule has 1 atom stereocenters. The van der Waals surface area contributed by atoms with E-state index in [0.29, 0.717) is 18.2 Å². The topological polar surface area (TPSA) is 85.2 Å². The molecule has 1 aliphatic rings. The molecule has 3 rings (SSSR count). The summed E-state index contributed by atoms with van der Waals surface area (Å²) in [6, 6.07) is 4.23. The molecule has 0 aromatic carbocycles. The van der Waals surface area contributed by atoms with Crippen molar-refractivity contribution in [1.82, 2.24) is 25.3 Å². The zero-order valence-electron chi connectivity index (χ0n) is 10.2. The highest BCUT2D eigenvalue weighted by Gasteiger charge is 2.21. The average Bonchev–Trinajstić information content (AvgIpc) is 2.74. The lowest BCUT2D eigenvalue weighted by molar-refractivity contribution is 0.569. The SMILES string of the molecule is NCC1CCCCCN1c1ccc2nnnn2n1. The third-order valence-corrected chi connectivity index (χ3v) is 3.50. The van der Waals surface area contributed by atoms with Crippen LogP contribution in [0.4, 0.5) is 5.82 Å². The van der Waals surface area contributed by atoms with Crippen LogP contribution in [-0.2, 0) is 0 Å². The molecule has 1 fully saturated rings. The Bertz CT molecular complexity index is 523. The Balaban J connectivity index is 1.94. The molecule has 3 heterocycles. The summed E-state index contributed by atoms with van der Waals surface area (Å²) >= 11 is 0. The highest BCUT2D eigenvalue weighted by molar-refractivity contribution is 5.45. The van der Waals surface area contributed by atoms with Gasteiger partial charge in [0, 0.05) is 19.1 Å². The largest absolute Gasteiger partial charge is 0.351 e. The predicted octanol–water partition coefficient (Wildman–Crippen LogP) is 0.227. The summed E-state index contributed by atoms with van der Waals surface area (Å²) in [6.07, 6.45) is 4.82. The van der Waals surface area contributed by atoms with Gasteiger partial charge in [-0.2, -0.15) is 0 Å². The van der Waals surface area contributed by atoms with Crippen LogP contribution >= 0.6 is 0 Å². The molecule has 2 aromatic rings.